The lowest BCUT2D eigenvalue weighted by atomic mass is 9.97. The van der Waals surface area contributed by atoms with E-state index in [1.54, 1.807) is 0 Å². The molecule has 0 aromatic carbocycles. The molecule has 0 spiro atoms. The van der Waals surface area contributed by atoms with Gasteiger partial charge in [-0.2, -0.15) is 0 Å². The first-order valence-corrected chi connectivity index (χ1v) is 4.93. The first kappa shape index (κ1) is 8.69. The van der Waals surface area contributed by atoms with Gasteiger partial charge in [-0.1, -0.05) is 5.21 Å². The fourth-order valence-corrected chi connectivity index (χ4v) is 1.98. The topological polar surface area (TPSA) is 42.7 Å². The summed E-state index contributed by atoms with van der Waals surface area (Å²) in [5.74, 6) is 0.648. The third-order valence-corrected chi connectivity index (χ3v) is 2.74. The number of aromatic nitrogens is 3. The minimum Gasteiger partial charge on any atom is -0.317 e. The monoisotopic (exact) mass is 180 g/mol. The van der Waals surface area contributed by atoms with Crippen LogP contribution in [0, 0.1) is 0 Å². The molecule has 0 bridgehead atoms. The summed E-state index contributed by atoms with van der Waals surface area (Å²) >= 11 is 0. The van der Waals surface area contributed by atoms with Gasteiger partial charge in [-0.3, -0.25) is 4.68 Å². The summed E-state index contributed by atoms with van der Waals surface area (Å²) in [4.78, 5) is 0. The van der Waals surface area contributed by atoms with Crippen molar-refractivity contribution in [3.05, 3.63) is 11.9 Å². The van der Waals surface area contributed by atoms with Crippen molar-refractivity contribution in [1.82, 2.24) is 20.3 Å². The van der Waals surface area contributed by atoms with Crippen LogP contribution in [0.25, 0.3) is 0 Å². The van der Waals surface area contributed by atoms with Crippen LogP contribution >= 0.6 is 0 Å². The van der Waals surface area contributed by atoms with Crippen LogP contribution in [0.1, 0.15) is 30.9 Å². The van der Waals surface area contributed by atoms with Gasteiger partial charge in [0.05, 0.1) is 11.9 Å². The summed E-state index contributed by atoms with van der Waals surface area (Å²) in [6.07, 6.45) is 5.63. The molecule has 1 saturated heterocycles. The molecule has 1 aliphatic rings. The maximum atomic E-state index is 3.97. The molecule has 1 atom stereocenters. The van der Waals surface area contributed by atoms with Crippen LogP contribution in [0.15, 0.2) is 6.20 Å². The molecule has 1 aromatic rings. The van der Waals surface area contributed by atoms with E-state index in [2.05, 4.69) is 15.6 Å². The maximum Gasteiger partial charge on any atom is 0.0727 e. The Morgan fingerprint density at radius 2 is 2.38 bits per heavy atom. The van der Waals surface area contributed by atoms with Gasteiger partial charge in [-0.15, -0.1) is 5.10 Å². The number of hydrogen-bond donors (Lipinski definition) is 1. The van der Waals surface area contributed by atoms with Gasteiger partial charge in [0.25, 0.3) is 0 Å². The van der Waals surface area contributed by atoms with Crippen molar-refractivity contribution in [3.63, 3.8) is 0 Å². The van der Waals surface area contributed by atoms with Gasteiger partial charge >= 0.3 is 0 Å². The Morgan fingerprint density at radius 1 is 1.46 bits per heavy atom. The van der Waals surface area contributed by atoms with Gasteiger partial charge in [0, 0.05) is 13.0 Å². The highest BCUT2D eigenvalue weighted by Gasteiger charge is 2.16. The minimum absolute atomic E-state index is 0.648. The van der Waals surface area contributed by atoms with Crippen molar-refractivity contribution < 1.29 is 0 Å². The number of nitrogens with zero attached hydrogens (tertiary/aromatic N) is 3. The Labute approximate surface area is 78.3 Å². The zero-order valence-corrected chi connectivity index (χ0v) is 8.03. The van der Waals surface area contributed by atoms with Gasteiger partial charge < -0.3 is 5.32 Å². The Bertz CT molecular complexity index is 260. The summed E-state index contributed by atoms with van der Waals surface area (Å²) in [7, 11) is 1.97. The maximum absolute atomic E-state index is 3.97. The Hall–Kier alpha value is -0.900. The van der Waals surface area contributed by atoms with Crippen LogP contribution in [0.4, 0.5) is 0 Å². The molecule has 72 valence electrons. The molecule has 1 fully saturated rings. The molecule has 2 rings (SSSR count). The van der Waals surface area contributed by atoms with Crippen molar-refractivity contribution >= 4 is 0 Å². The van der Waals surface area contributed by atoms with E-state index in [1.807, 2.05) is 17.9 Å². The molecule has 0 radical (unpaired) electrons. The van der Waals surface area contributed by atoms with Crippen LogP contribution in [-0.2, 0) is 7.05 Å². The molecular weight excluding hydrogens is 164 g/mol. The average molecular weight is 180 g/mol. The smallest absolute Gasteiger partial charge is 0.0727 e. The quantitative estimate of drug-likeness (QED) is 0.691. The molecule has 13 heavy (non-hydrogen) atoms. The molecule has 0 saturated carbocycles. The SMILES string of the molecule is Cn1nncc1C1CCCNCC1. The number of hydrogen-bond acceptors (Lipinski definition) is 3. The highest BCUT2D eigenvalue weighted by Crippen LogP contribution is 2.24. The second-order valence-electron chi connectivity index (χ2n) is 3.66. The van der Waals surface area contributed by atoms with Gasteiger partial charge in [-0.05, 0) is 32.4 Å². The molecule has 2 heterocycles. The molecule has 4 nitrogen and oxygen atoms in total. The van der Waals surface area contributed by atoms with Gasteiger partial charge in [-0.25, -0.2) is 0 Å². The number of rotatable bonds is 1. The van der Waals surface area contributed by atoms with Crippen LogP contribution in [0.2, 0.25) is 0 Å². The van der Waals surface area contributed by atoms with E-state index < -0.39 is 0 Å². The van der Waals surface area contributed by atoms with Crippen LogP contribution in [-0.4, -0.2) is 28.1 Å². The lowest BCUT2D eigenvalue weighted by Crippen LogP contribution is -2.14. The molecule has 4 heteroatoms. The van der Waals surface area contributed by atoms with Gasteiger partial charge in [0.2, 0.25) is 0 Å². The zero-order valence-electron chi connectivity index (χ0n) is 8.03. The Morgan fingerprint density at radius 3 is 3.15 bits per heavy atom. The third-order valence-electron chi connectivity index (χ3n) is 2.74. The molecule has 1 aliphatic heterocycles. The van der Waals surface area contributed by atoms with Crippen molar-refractivity contribution in [2.75, 3.05) is 13.1 Å². The standard InChI is InChI=1S/C9H16N4/c1-13-9(7-11-12-13)8-3-2-5-10-6-4-8/h7-8,10H,2-6H2,1H3. The Kier molecular flexibility index (Phi) is 2.59. The van der Waals surface area contributed by atoms with E-state index in [0.717, 1.165) is 13.1 Å². The molecular formula is C9H16N4. The van der Waals surface area contributed by atoms with Crippen molar-refractivity contribution in [2.24, 2.45) is 7.05 Å². The summed E-state index contributed by atoms with van der Waals surface area (Å²) in [5, 5.41) is 11.3. The highest BCUT2D eigenvalue weighted by molar-refractivity contribution is 5.03. The fraction of sp³-hybridized carbons (Fsp3) is 0.778. The summed E-state index contributed by atoms with van der Waals surface area (Å²) in [5.41, 5.74) is 1.28. The normalized spacial score (nSPS) is 24.2. The largest absolute Gasteiger partial charge is 0.317 e. The van der Waals surface area contributed by atoms with E-state index in [0.29, 0.717) is 5.92 Å². The molecule has 1 N–H and O–H groups in total. The highest BCUT2D eigenvalue weighted by atomic mass is 15.4. The van der Waals surface area contributed by atoms with E-state index in [9.17, 15) is 0 Å². The second kappa shape index (κ2) is 3.87. The zero-order chi connectivity index (χ0) is 9.10. The van der Waals surface area contributed by atoms with E-state index in [-0.39, 0.29) is 0 Å². The lowest BCUT2D eigenvalue weighted by Gasteiger charge is -2.12. The van der Waals surface area contributed by atoms with Crippen molar-refractivity contribution in [3.8, 4) is 0 Å². The van der Waals surface area contributed by atoms with Crippen molar-refractivity contribution in [1.29, 1.82) is 0 Å². The second-order valence-corrected chi connectivity index (χ2v) is 3.66. The molecule has 0 amide bonds. The molecule has 1 unspecified atom stereocenters. The van der Waals surface area contributed by atoms with Crippen molar-refractivity contribution in [2.45, 2.75) is 25.2 Å². The van der Waals surface area contributed by atoms with Crippen LogP contribution < -0.4 is 5.32 Å². The summed E-state index contributed by atoms with van der Waals surface area (Å²) < 4.78 is 1.90. The molecule has 1 aromatic heterocycles. The Balaban J connectivity index is 2.10. The number of aryl methyl sites for hydroxylation is 1. The lowest BCUT2D eigenvalue weighted by molar-refractivity contribution is 0.549. The number of nitrogens with one attached hydrogen (secondary N) is 1. The van der Waals surface area contributed by atoms with E-state index >= 15 is 0 Å². The van der Waals surface area contributed by atoms with Crippen LogP contribution in [0.3, 0.4) is 0 Å². The first-order chi connectivity index (χ1) is 6.38. The third kappa shape index (κ3) is 1.88. The van der Waals surface area contributed by atoms with E-state index in [1.165, 1.54) is 25.0 Å². The minimum atomic E-state index is 0.648. The van der Waals surface area contributed by atoms with Gasteiger partial charge in [0.1, 0.15) is 0 Å². The van der Waals surface area contributed by atoms with E-state index in [4.69, 9.17) is 0 Å². The predicted octanol–water partition coefficient (Wildman–Crippen LogP) is 0.672. The average Bonchev–Trinajstić information content (AvgIpc) is 2.43. The van der Waals surface area contributed by atoms with Crippen LogP contribution in [0.5, 0.6) is 0 Å². The summed E-state index contributed by atoms with van der Waals surface area (Å²) in [6.45, 7) is 2.28. The summed E-state index contributed by atoms with van der Waals surface area (Å²) in [6, 6.07) is 0. The fourth-order valence-electron chi connectivity index (χ4n) is 1.98. The van der Waals surface area contributed by atoms with Gasteiger partial charge in [0.15, 0.2) is 0 Å². The molecule has 0 aliphatic carbocycles. The first-order valence-electron chi connectivity index (χ1n) is 4.93. The predicted molar refractivity (Wildman–Crippen MR) is 50.5 cm³/mol.